The first-order valence-corrected chi connectivity index (χ1v) is 36.1. The Labute approximate surface area is 475 Å². The minimum absolute atomic E-state index is 0.196. The Hall–Kier alpha value is -6.08. The van der Waals surface area contributed by atoms with Crippen molar-refractivity contribution in [3.63, 3.8) is 0 Å². The number of aryl methyl sites for hydroxylation is 2. The summed E-state index contributed by atoms with van der Waals surface area (Å²) in [5, 5.41) is 33.1. The quantitative estimate of drug-likeness (QED) is 0.0409. The number of nitrogens with zero attached hydrogens (tertiary/aromatic N) is 10. The van der Waals surface area contributed by atoms with Gasteiger partial charge in [0.05, 0.1) is 61.0 Å². The third-order valence-electron chi connectivity index (χ3n) is 13.7. The molecule has 0 amide bonds. The van der Waals surface area contributed by atoms with Crippen LogP contribution in [-0.4, -0.2) is 95.7 Å². The van der Waals surface area contributed by atoms with Crippen molar-refractivity contribution in [3.05, 3.63) is 112 Å². The van der Waals surface area contributed by atoms with E-state index in [1.807, 2.05) is 85.7 Å². The molecule has 2 N–H and O–H groups in total. The molecule has 0 saturated heterocycles. The number of hydrogen-bond donors (Lipinski definition) is 2. The van der Waals surface area contributed by atoms with E-state index in [0.717, 1.165) is 90.2 Å². The molecule has 6 aromatic heterocycles. The number of anilines is 2. The van der Waals surface area contributed by atoms with Gasteiger partial charge in [0.1, 0.15) is 38.2 Å². The van der Waals surface area contributed by atoms with Crippen molar-refractivity contribution >= 4 is 71.3 Å². The first-order chi connectivity index (χ1) is 37.7. The maximum Gasteiger partial charge on any atom is 0.242 e. The molecule has 6 heterocycles. The smallest absolute Gasteiger partial charge is 0.242 e. The number of methoxy groups -OCH3 is 2. The number of hydrogen-bond acceptors (Lipinski definition) is 14. The Bertz CT molecular complexity index is 3090. The van der Waals surface area contributed by atoms with Crippen LogP contribution in [0.25, 0.3) is 33.3 Å². The molecule has 8 rings (SSSR count). The average molecular weight is 1240 g/mol. The Morgan fingerprint density at radius 1 is 0.577 bits per heavy atom. The van der Waals surface area contributed by atoms with E-state index in [1.54, 1.807) is 20.4 Å². The van der Waals surface area contributed by atoms with Crippen LogP contribution in [0.4, 0.5) is 11.4 Å². The van der Waals surface area contributed by atoms with Crippen LogP contribution in [0.2, 0.25) is 13.3 Å². The number of fused-ring (bicyclic) bond motifs is 2. The molecular weight excluding hydrogens is 1150 g/mol. The van der Waals surface area contributed by atoms with Gasteiger partial charge < -0.3 is 24.8 Å². The van der Waals surface area contributed by atoms with Gasteiger partial charge in [0.15, 0.2) is 0 Å². The molecule has 0 atom stereocenters. The Kier molecular flexibility index (Phi) is 23.8. The van der Waals surface area contributed by atoms with Crippen LogP contribution in [0.3, 0.4) is 0 Å². The fourth-order valence-electron chi connectivity index (χ4n) is 9.62. The number of rotatable bonds is 25. The molecule has 0 aliphatic rings. The van der Waals surface area contributed by atoms with Gasteiger partial charge in [-0.05, 0) is 118 Å². The van der Waals surface area contributed by atoms with Gasteiger partial charge in [-0.1, -0.05) is 24.3 Å². The number of pyridine rings is 2. The summed E-state index contributed by atoms with van der Waals surface area (Å²) in [6.45, 7) is 25.9. The summed E-state index contributed by atoms with van der Waals surface area (Å²) in [6, 6.07) is 24.7. The van der Waals surface area contributed by atoms with Gasteiger partial charge in [-0.25, -0.2) is 9.97 Å². The summed E-state index contributed by atoms with van der Waals surface area (Å²) in [7, 11) is 3.34. The second-order valence-corrected chi connectivity index (χ2v) is 34.0. The van der Waals surface area contributed by atoms with E-state index >= 15 is 0 Å². The summed E-state index contributed by atoms with van der Waals surface area (Å²) in [5.41, 5.74) is 11.5. The van der Waals surface area contributed by atoms with Crippen molar-refractivity contribution in [3.8, 4) is 34.5 Å². The maximum atomic E-state index is 5.86. The van der Waals surface area contributed by atoms with Crippen molar-refractivity contribution < 1.29 is 18.9 Å². The number of nitrogens with one attached hydrogen (secondary N) is 2. The van der Waals surface area contributed by atoms with E-state index in [0.29, 0.717) is 25.6 Å². The van der Waals surface area contributed by atoms with Crippen molar-refractivity contribution in [2.24, 2.45) is 0 Å². The minimum Gasteiger partial charge on any atom is -0.497 e. The summed E-state index contributed by atoms with van der Waals surface area (Å²) in [4.78, 5) is 9.54. The molecule has 418 valence electrons. The van der Waals surface area contributed by atoms with Crippen LogP contribution in [-0.2, 0) is 13.1 Å². The molecular formula is C60H83BrN12O4Sn. The van der Waals surface area contributed by atoms with Crippen LogP contribution >= 0.6 is 15.9 Å². The monoisotopic (exact) mass is 1230 g/mol. The van der Waals surface area contributed by atoms with Gasteiger partial charge in [-0.15, -0.1) is 5.10 Å². The van der Waals surface area contributed by atoms with Gasteiger partial charge in [-0.3, -0.25) is 9.36 Å². The summed E-state index contributed by atoms with van der Waals surface area (Å²) >= 11 is 1.06. The largest absolute Gasteiger partial charge is 0.497 e. The topological polar surface area (TPSA) is 174 Å². The molecule has 78 heavy (non-hydrogen) atoms. The van der Waals surface area contributed by atoms with Gasteiger partial charge in [0.2, 0.25) is 5.88 Å². The van der Waals surface area contributed by atoms with Crippen molar-refractivity contribution in [2.45, 2.75) is 153 Å². The van der Waals surface area contributed by atoms with E-state index in [1.165, 1.54) is 61.0 Å². The molecule has 0 radical (unpaired) electrons. The zero-order valence-electron chi connectivity index (χ0n) is 48.4. The first-order valence-electron chi connectivity index (χ1n) is 27.8. The van der Waals surface area contributed by atoms with Crippen LogP contribution < -0.4 is 33.2 Å². The van der Waals surface area contributed by atoms with Crippen LogP contribution in [0.1, 0.15) is 135 Å². The van der Waals surface area contributed by atoms with Gasteiger partial charge in [0.25, 0.3) is 0 Å². The molecule has 0 spiro atoms. The zero-order chi connectivity index (χ0) is 56.2. The van der Waals surface area contributed by atoms with Gasteiger partial charge in [-0.2, -0.15) is 15.3 Å². The summed E-state index contributed by atoms with van der Waals surface area (Å²) in [5.74, 6) is 3.02. The van der Waals surface area contributed by atoms with Gasteiger partial charge in [0, 0.05) is 25.2 Å². The molecule has 2 aromatic carbocycles. The number of halogens is 1. The fourth-order valence-corrected chi connectivity index (χ4v) is 26.2. The number of unbranched alkanes of at least 4 members (excludes halogenated alkanes) is 3. The van der Waals surface area contributed by atoms with Crippen molar-refractivity contribution in [2.75, 3.05) is 38.1 Å². The normalized spacial score (nSPS) is 11.3. The molecule has 8 aromatic rings. The van der Waals surface area contributed by atoms with Crippen molar-refractivity contribution in [1.82, 2.24) is 49.9 Å². The standard InChI is InChI=1S/C24H28N6O2.C18H21BrN4O.C6H7N2O.3C4H9.Sn/c1-6-32-24-19(11-12-26-28-24)20-13-21(25-14-17-7-9-18(31-5)10-8-17)23-22(27-20)16(4)29-30(23)15(2)3;1-11(2)23-18-15(9-16(19)21-17(18)12(3)22-23)20-10-13-5-7-14(24-4)8-6-13;1-2-9-6-4-3-5-7-8-6;3*1-3-4-2;/h7-13,15H,6,14H2,1-5H3,(H,25,27);5-9,11H,10H2,1-4H3,(H,20,21);3,5H,2H2,1H3;3*1,3-4H2,2H3;. The Morgan fingerprint density at radius 3 is 1.49 bits per heavy atom. The molecule has 18 heteroatoms. The Morgan fingerprint density at radius 2 is 1.03 bits per heavy atom. The molecule has 0 bridgehead atoms. The third kappa shape index (κ3) is 15.8. The number of aromatic nitrogens is 10. The second-order valence-electron chi connectivity index (χ2n) is 20.0. The summed E-state index contributed by atoms with van der Waals surface area (Å²) in [6.07, 6.45) is 11.5. The van der Waals surface area contributed by atoms with E-state index in [9.17, 15) is 0 Å². The fraction of sp³-hybridized carbons (Fsp3) is 0.467. The maximum absolute atomic E-state index is 5.86. The molecule has 0 aliphatic carbocycles. The number of ether oxygens (including phenoxy) is 4. The predicted octanol–water partition coefficient (Wildman–Crippen LogP) is 14.4. The molecule has 16 nitrogen and oxygen atoms in total. The van der Waals surface area contributed by atoms with Gasteiger partial charge >= 0.3 is 141 Å². The van der Waals surface area contributed by atoms with E-state index in [2.05, 4.69) is 136 Å². The zero-order valence-corrected chi connectivity index (χ0v) is 52.9. The second kappa shape index (κ2) is 30.3. The third-order valence-corrected chi connectivity index (χ3v) is 29.7. The molecule has 0 saturated carbocycles. The molecule has 0 aliphatic heterocycles. The van der Waals surface area contributed by atoms with E-state index < -0.39 is 18.4 Å². The minimum atomic E-state index is -2.44. The van der Waals surface area contributed by atoms with Crippen LogP contribution in [0.15, 0.2) is 89.8 Å². The van der Waals surface area contributed by atoms with E-state index in [-0.39, 0.29) is 12.1 Å². The Balaban J connectivity index is 0.000000194. The molecule has 0 unspecified atom stereocenters. The number of benzene rings is 2. The van der Waals surface area contributed by atoms with E-state index in [4.69, 9.17) is 29.0 Å². The first kappa shape index (κ1) is 61.1. The van der Waals surface area contributed by atoms with Crippen molar-refractivity contribution in [1.29, 1.82) is 0 Å². The van der Waals surface area contributed by atoms with Crippen LogP contribution in [0.5, 0.6) is 23.3 Å². The van der Waals surface area contributed by atoms with Crippen LogP contribution in [0, 0.1) is 13.8 Å². The molecule has 0 fully saturated rings. The predicted molar refractivity (Wildman–Crippen MR) is 324 cm³/mol. The SMILES string of the molecule is CCC[CH2][Sn]([CH2]CCC)([CH2]CCC)[c]1ccnnc1OCC.CCOc1nnccc1-c1cc(NCc2ccc(OC)cc2)c2c(n1)c(C)nn2C(C)C.COc1ccc(CNc2cc(Br)nc3c(C)nn(C(C)C)c23)cc1. The average Bonchev–Trinajstić information content (AvgIpc) is 4.11. The summed E-state index contributed by atoms with van der Waals surface area (Å²) < 4.78 is 32.7.